The zero-order valence-electron chi connectivity index (χ0n) is 11.0. The van der Waals surface area contributed by atoms with E-state index in [-0.39, 0.29) is 0 Å². The Morgan fingerprint density at radius 2 is 3.75 bits per heavy atom. The van der Waals surface area contributed by atoms with Gasteiger partial charge in [0, 0.05) is 12.3 Å². The summed E-state index contributed by atoms with van der Waals surface area (Å²) in [6.07, 6.45) is -4.49. The van der Waals surface area contributed by atoms with E-state index in [1.54, 1.807) is 0 Å². The monoisotopic (exact) mass is 66.1 g/mol. The average molecular weight is 66.2 g/mol. The van der Waals surface area contributed by atoms with Crippen LogP contribution in [0, 0.1) is 6.40 Å². The molecule has 0 aliphatic carbocycles. The molecule has 0 N–H and O–H groups in total. The Labute approximate surface area is 40.5 Å². The summed E-state index contributed by atoms with van der Waals surface area (Å²) < 4.78 is 61.0. The summed E-state index contributed by atoms with van der Waals surface area (Å²) in [5.41, 5.74) is 0. The number of hydrogen-bond donors (Lipinski definition) is 0. The molecule has 0 saturated carbocycles. The second-order valence-corrected chi connectivity index (χ2v) is 0.250. The number of hydrogen-bond acceptors (Lipinski definition) is 0. The molecular formula is C4H9. The molecule has 0 aromatic heterocycles. The van der Waals surface area contributed by atoms with E-state index in [0.717, 1.165) is 0 Å². The summed E-state index contributed by atoms with van der Waals surface area (Å²) in [6.45, 7) is -6.13. The molecule has 4 heavy (non-hydrogen) atoms. The Morgan fingerprint density at radius 3 is 4.00 bits per heavy atom. The Morgan fingerprint density at radius 1 is 2.75 bits per heavy atom. The zero-order chi connectivity index (χ0) is 11.1. The van der Waals surface area contributed by atoms with Crippen molar-refractivity contribution in [3.8, 4) is 0 Å². The third-order valence-electron chi connectivity index (χ3n) is 0.0625. The van der Waals surface area contributed by atoms with Crippen LogP contribution in [0.25, 0.3) is 0 Å². The van der Waals surface area contributed by atoms with Gasteiger partial charge in [-0.3, -0.25) is 0 Å². The van der Waals surface area contributed by atoms with Gasteiger partial charge in [-0.2, -0.15) is 0 Å². The lowest BCUT2D eigenvalue weighted by molar-refractivity contribution is 1.10. The summed E-state index contributed by atoms with van der Waals surface area (Å²) in [4.78, 5) is 0. The molecule has 0 aliphatic rings. The predicted octanol–water partition coefficient (Wildman–Crippen LogP) is 1.62. The molecule has 1 radical (unpaired) electrons. The maximum absolute atomic E-state index is 6.96. The van der Waals surface area contributed by atoms with Gasteiger partial charge in [-0.25, -0.2) is 0 Å². The first-order chi connectivity index (χ1) is 5.40. The van der Waals surface area contributed by atoms with E-state index in [4.69, 9.17) is 12.3 Å². The van der Waals surface area contributed by atoms with E-state index in [9.17, 15) is 0 Å². The first-order valence-corrected chi connectivity index (χ1v) is 0.750. The van der Waals surface area contributed by atoms with E-state index in [1.807, 2.05) is 0 Å². The van der Waals surface area contributed by atoms with Gasteiger partial charge in [0.05, 0.1) is 0 Å². The minimum atomic E-state index is -3.13. The third kappa shape index (κ3) is 2.00. The van der Waals surface area contributed by atoms with Crippen LogP contribution in [0.5, 0.6) is 0 Å². The van der Waals surface area contributed by atoms with Crippen LogP contribution in [0.4, 0.5) is 0 Å². The molecule has 0 aliphatic heterocycles. The number of rotatable bonds is 1. The van der Waals surface area contributed by atoms with Crippen molar-refractivity contribution < 1.29 is 12.3 Å². The van der Waals surface area contributed by atoms with Gasteiger partial charge in [-0.15, -0.1) is 0 Å². The van der Waals surface area contributed by atoms with E-state index in [0.29, 0.717) is 0 Å². The molecule has 0 spiro atoms. The molecule has 0 nitrogen and oxygen atoms in total. The Balaban J connectivity index is 4.86. The standard InChI is InChI=1S/C4H9/c1-3-4-2/h3H,4H2,1-2H3/i1D3,2D3,3D,4D2. The summed E-state index contributed by atoms with van der Waals surface area (Å²) >= 11 is 0. The van der Waals surface area contributed by atoms with Gasteiger partial charge >= 0.3 is 0 Å². The van der Waals surface area contributed by atoms with E-state index in [1.165, 1.54) is 0 Å². The van der Waals surface area contributed by atoms with Gasteiger partial charge in [0.1, 0.15) is 0 Å². The van der Waals surface area contributed by atoms with Gasteiger partial charge < -0.3 is 0 Å². The SMILES string of the molecule is [2H][C](C([2H])([2H])[2H])C([2H])([2H])C([2H])([2H])[2H]. The summed E-state index contributed by atoms with van der Waals surface area (Å²) in [6, 6.07) is 0. The van der Waals surface area contributed by atoms with Gasteiger partial charge in [0.2, 0.25) is 0 Å². The predicted molar refractivity (Wildman–Crippen MR) is 20.3 cm³/mol. The smallest absolute Gasteiger partial charge is 0.0302 e. The maximum atomic E-state index is 6.96. The normalized spacial score (nSPS) is 51.8. The van der Waals surface area contributed by atoms with Crippen molar-refractivity contribution in [3.63, 3.8) is 0 Å². The van der Waals surface area contributed by atoms with Crippen LogP contribution in [-0.2, 0) is 0 Å². The first kappa shape index (κ1) is 0.250. The minimum absolute atomic E-state index is 1.39. The van der Waals surface area contributed by atoms with E-state index >= 15 is 0 Å². The highest BCUT2D eigenvalue weighted by atomic mass is 13.6. The van der Waals surface area contributed by atoms with Gasteiger partial charge in [-0.05, 0) is 6.40 Å². The van der Waals surface area contributed by atoms with Crippen molar-refractivity contribution in [2.24, 2.45) is 0 Å². The van der Waals surface area contributed by atoms with Gasteiger partial charge in [0.25, 0.3) is 0 Å². The maximum Gasteiger partial charge on any atom is 0.0302 e. The van der Waals surface area contributed by atoms with Crippen molar-refractivity contribution in [2.75, 3.05) is 0 Å². The van der Waals surface area contributed by atoms with Crippen LogP contribution < -0.4 is 0 Å². The fourth-order valence-electron chi connectivity index (χ4n) is 0. The van der Waals surface area contributed by atoms with Crippen molar-refractivity contribution in [3.05, 3.63) is 6.40 Å². The molecule has 0 aromatic carbocycles. The molecule has 0 fully saturated rings. The molecule has 0 bridgehead atoms. The fourth-order valence-corrected chi connectivity index (χ4v) is 0. The van der Waals surface area contributed by atoms with Crippen molar-refractivity contribution in [1.29, 1.82) is 0 Å². The molecule has 0 amide bonds. The largest absolute Gasteiger partial charge is 0.0651 e. The average Bonchev–Trinajstić information content (AvgIpc) is 1.81. The lowest BCUT2D eigenvalue weighted by Gasteiger charge is -1.67. The zero-order valence-corrected chi connectivity index (χ0v) is 2.00. The summed E-state index contributed by atoms with van der Waals surface area (Å²) in [5, 5.41) is 0. The third-order valence-corrected chi connectivity index (χ3v) is 0.0625. The highest BCUT2D eigenvalue weighted by Gasteiger charge is 1.57. The quantitative estimate of drug-likeness (QED) is 0.436. The molecule has 0 saturated heterocycles. The van der Waals surface area contributed by atoms with Crippen molar-refractivity contribution in [1.82, 2.24) is 0 Å². The molecule has 25 valence electrons. The topological polar surface area (TPSA) is 0 Å². The van der Waals surface area contributed by atoms with Gasteiger partial charge in [-0.1, -0.05) is 20.1 Å². The minimum Gasteiger partial charge on any atom is -0.0651 e. The lowest BCUT2D eigenvalue weighted by atomic mass is 10.4. The van der Waals surface area contributed by atoms with Crippen LogP contribution in [0.3, 0.4) is 0 Å². The summed E-state index contributed by atoms with van der Waals surface area (Å²) in [7, 11) is 0. The van der Waals surface area contributed by atoms with Crippen LogP contribution >= 0.6 is 0 Å². The second kappa shape index (κ2) is 3.00. The van der Waals surface area contributed by atoms with Gasteiger partial charge in [0.15, 0.2) is 0 Å². The molecular weight excluding hydrogens is 48.0 g/mol. The lowest BCUT2D eigenvalue weighted by Crippen LogP contribution is -1.50. The summed E-state index contributed by atoms with van der Waals surface area (Å²) in [5.74, 6) is 0. The first-order valence-electron chi connectivity index (χ1n) is 5.25. The molecule has 0 heteroatoms. The second-order valence-electron chi connectivity index (χ2n) is 0.250. The molecule has 0 unspecified atom stereocenters. The highest BCUT2D eigenvalue weighted by molar-refractivity contribution is 4.45. The van der Waals surface area contributed by atoms with Crippen molar-refractivity contribution in [2.45, 2.75) is 20.1 Å². The van der Waals surface area contributed by atoms with E-state index in [2.05, 4.69) is 0 Å². The molecule has 0 atom stereocenters. The molecule has 0 heterocycles. The highest BCUT2D eigenvalue weighted by Crippen LogP contribution is 1.74. The van der Waals surface area contributed by atoms with Crippen LogP contribution in [0.15, 0.2) is 0 Å². The molecule has 0 aromatic rings. The van der Waals surface area contributed by atoms with E-state index < -0.39 is 26.5 Å². The molecule has 0 rings (SSSR count). The van der Waals surface area contributed by atoms with Crippen molar-refractivity contribution >= 4 is 0 Å². The Hall–Kier alpha value is 0. The van der Waals surface area contributed by atoms with Crippen LogP contribution in [0.2, 0.25) is 0 Å². The van der Waals surface area contributed by atoms with Crippen LogP contribution in [-0.4, -0.2) is 0 Å². The Kier molecular flexibility index (Phi) is 0.188. The van der Waals surface area contributed by atoms with Crippen LogP contribution in [0.1, 0.15) is 32.4 Å². The fraction of sp³-hybridized carbons (Fsp3) is 0.750. The Bertz CT molecular complexity index is 173.